The van der Waals surface area contributed by atoms with Crippen molar-refractivity contribution < 1.29 is 0 Å². The Morgan fingerprint density at radius 1 is 0.526 bits per heavy atom. The highest BCUT2D eigenvalue weighted by Crippen LogP contribution is 2.12. The maximum absolute atomic E-state index is 5.68. The third-order valence-corrected chi connectivity index (χ3v) is 4.01. The van der Waals surface area contributed by atoms with Gasteiger partial charge in [-0.1, -0.05) is 43.5 Å². The summed E-state index contributed by atoms with van der Waals surface area (Å²) in [6.07, 6.45) is 11.0. The molecule has 1 rings (SSSR count). The second kappa shape index (κ2) is 11.6. The van der Waals surface area contributed by atoms with Crippen molar-refractivity contribution >= 4 is 23.2 Å². The van der Waals surface area contributed by atoms with Crippen LogP contribution >= 0.6 is 23.2 Å². The summed E-state index contributed by atoms with van der Waals surface area (Å²) in [5.74, 6) is 1.60. The fourth-order valence-electron chi connectivity index (χ4n) is 2.25. The van der Waals surface area contributed by atoms with Crippen molar-refractivity contribution in [1.82, 2.24) is 0 Å². The minimum absolute atomic E-state index is 0.794. The number of unbranched alkanes of at least 4 members (excludes halogenated alkanes) is 5. The molecule has 0 spiro atoms. The fraction of sp³-hybridized carbons (Fsp3) is 0.647. The smallest absolute Gasteiger partial charge is 0.0223 e. The zero-order chi connectivity index (χ0) is 13.8. The molecule has 0 amide bonds. The van der Waals surface area contributed by atoms with Crippen LogP contribution in [0.4, 0.5) is 0 Å². The van der Waals surface area contributed by atoms with Gasteiger partial charge in [-0.25, -0.2) is 0 Å². The van der Waals surface area contributed by atoms with Gasteiger partial charge in [-0.05, 0) is 49.7 Å². The van der Waals surface area contributed by atoms with E-state index >= 15 is 0 Å². The van der Waals surface area contributed by atoms with Gasteiger partial charge in [-0.3, -0.25) is 0 Å². The van der Waals surface area contributed by atoms with Crippen molar-refractivity contribution in [2.24, 2.45) is 0 Å². The molecule has 0 N–H and O–H groups in total. The Morgan fingerprint density at radius 2 is 0.895 bits per heavy atom. The van der Waals surface area contributed by atoms with Crippen LogP contribution in [0.25, 0.3) is 0 Å². The highest BCUT2D eigenvalue weighted by molar-refractivity contribution is 6.18. The van der Waals surface area contributed by atoms with Crippen LogP contribution < -0.4 is 0 Å². The molecule has 0 aliphatic rings. The van der Waals surface area contributed by atoms with Crippen LogP contribution in [0.5, 0.6) is 0 Å². The Kier molecular flexibility index (Phi) is 10.3. The Hall–Kier alpha value is -0.200. The summed E-state index contributed by atoms with van der Waals surface area (Å²) < 4.78 is 0. The summed E-state index contributed by atoms with van der Waals surface area (Å²) in [6, 6.07) is 9.15. The molecule has 0 unspecified atom stereocenters. The molecule has 0 heterocycles. The standard InChI is InChI=1S/C17H26Cl2/c18-14-6-2-1-4-8-16-10-12-17(13-11-16)9-5-3-7-15-19/h10-13H,1-9,14-15H2. The van der Waals surface area contributed by atoms with Crippen molar-refractivity contribution in [2.75, 3.05) is 11.8 Å². The van der Waals surface area contributed by atoms with E-state index in [1.165, 1.54) is 56.1 Å². The van der Waals surface area contributed by atoms with Gasteiger partial charge in [0, 0.05) is 11.8 Å². The first-order valence-corrected chi connectivity index (χ1v) is 8.63. The van der Waals surface area contributed by atoms with E-state index in [1.807, 2.05) is 0 Å². The monoisotopic (exact) mass is 300 g/mol. The van der Waals surface area contributed by atoms with Crippen molar-refractivity contribution in [2.45, 2.75) is 57.8 Å². The molecular weight excluding hydrogens is 275 g/mol. The minimum Gasteiger partial charge on any atom is -0.127 e. The number of alkyl halides is 2. The molecule has 108 valence electrons. The van der Waals surface area contributed by atoms with Crippen LogP contribution in [0.2, 0.25) is 0 Å². The van der Waals surface area contributed by atoms with E-state index in [4.69, 9.17) is 23.2 Å². The third-order valence-electron chi connectivity index (χ3n) is 3.47. The number of halogens is 2. The van der Waals surface area contributed by atoms with Crippen LogP contribution in [0, 0.1) is 0 Å². The van der Waals surface area contributed by atoms with Crippen LogP contribution in [0.15, 0.2) is 24.3 Å². The van der Waals surface area contributed by atoms with Crippen molar-refractivity contribution in [3.05, 3.63) is 35.4 Å². The lowest BCUT2D eigenvalue weighted by Gasteiger charge is -2.04. The van der Waals surface area contributed by atoms with Gasteiger partial charge in [0.15, 0.2) is 0 Å². The lowest BCUT2D eigenvalue weighted by atomic mass is 10.0. The van der Waals surface area contributed by atoms with Crippen LogP contribution in [-0.4, -0.2) is 11.8 Å². The number of hydrogen-bond donors (Lipinski definition) is 0. The molecule has 0 aliphatic carbocycles. The van der Waals surface area contributed by atoms with Gasteiger partial charge >= 0.3 is 0 Å². The van der Waals surface area contributed by atoms with Gasteiger partial charge in [0.05, 0.1) is 0 Å². The average Bonchev–Trinajstić information content (AvgIpc) is 2.45. The Morgan fingerprint density at radius 3 is 1.32 bits per heavy atom. The first-order chi connectivity index (χ1) is 9.36. The summed E-state index contributed by atoms with van der Waals surface area (Å²) >= 11 is 11.3. The van der Waals surface area contributed by atoms with Crippen molar-refractivity contribution in [1.29, 1.82) is 0 Å². The normalized spacial score (nSPS) is 10.8. The van der Waals surface area contributed by atoms with E-state index in [2.05, 4.69) is 24.3 Å². The zero-order valence-electron chi connectivity index (χ0n) is 11.8. The summed E-state index contributed by atoms with van der Waals surface area (Å²) in [7, 11) is 0. The highest BCUT2D eigenvalue weighted by atomic mass is 35.5. The maximum Gasteiger partial charge on any atom is 0.0223 e. The molecule has 0 aliphatic heterocycles. The van der Waals surface area contributed by atoms with Gasteiger partial charge in [0.2, 0.25) is 0 Å². The van der Waals surface area contributed by atoms with E-state index in [1.54, 1.807) is 0 Å². The summed E-state index contributed by atoms with van der Waals surface area (Å²) in [6.45, 7) is 0. The molecule has 0 saturated heterocycles. The Balaban J connectivity index is 2.16. The van der Waals surface area contributed by atoms with E-state index < -0.39 is 0 Å². The first-order valence-electron chi connectivity index (χ1n) is 7.56. The van der Waals surface area contributed by atoms with E-state index in [9.17, 15) is 0 Å². The molecule has 19 heavy (non-hydrogen) atoms. The topological polar surface area (TPSA) is 0 Å². The Labute approximate surface area is 128 Å². The zero-order valence-corrected chi connectivity index (χ0v) is 13.4. The lowest BCUT2D eigenvalue weighted by Crippen LogP contribution is -1.90. The van der Waals surface area contributed by atoms with Crippen LogP contribution in [-0.2, 0) is 12.8 Å². The molecule has 0 aromatic heterocycles. The first kappa shape index (κ1) is 16.9. The quantitative estimate of drug-likeness (QED) is 0.348. The molecule has 0 radical (unpaired) electrons. The maximum atomic E-state index is 5.68. The molecule has 1 aromatic carbocycles. The number of aryl methyl sites for hydroxylation is 2. The number of benzene rings is 1. The highest BCUT2D eigenvalue weighted by Gasteiger charge is 1.97. The fourth-order valence-corrected chi connectivity index (χ4v) is 2.63. The van der Waals surface area contributed by atoms with E-state index in [0.717, 1.165) is 24.6 Å². The molecule has 1 aromatic rings. The summed E-state index contributed by atoms with van der Waals surface area (Å²) in [5, 5.41) is 0. The van der Waals surface area contributed by atoms with E-state index in [-0.39, 0.29) is 0 Å². The van der Waals surface area contributed by atoms with Crippen LogP contribution in [0.1, 0.15) is 56.1 Å². The molecule has 0 saturated carbocycles. The second-order valence-electron chi connectivity index (χ2n) is 5.17. The Bertz CT molecular complexity index is 306. The lowest BCUT2D eigenvalue weighted by molar-refractivity contribution is 0.669. The van der Waals surface area contributed by atoms with E-state index in [0.29, 0.717) is 0 Å². The number of hydrogen-bond acceptors (Lipinski definition) is 0. The van der Waals surface area contributed by atoms with Crippen molar-refractivity contribution in [3.8, 4) is 0 Å². The van der Waals surface area contributed by atoms with Gasteiger partial charge in [0.1, 0.15) is 0 Å². The average molecular weight is 301 g/mol. The largest absolute Gasteiger partial charge is 0.127 e. The molecular formula is C17H26Cl2. The molecule has 0 fully saturated rings. The molecule has 2 heteroatoms. The summed E-state index contributed by atoms with van der Waals surface area (Å²) in [4.78, 5) is 0. The predicted octanol–water partition coefficient (Wildman–Crippen LogP) is 5.98. The van der Waals surface area contributed by atoms with Crippen LogP contribution in [0.3, 0.4) is 0 Å². The SMILES string of the molecule is ClCCCCCCc1ccc(CCCCCCl)cc1. The number of rotatable bonds is 11. The third kappa shape index (κ3) is 8.55. The second-order valence-corrected chi connectivity index (χ2v) is 5.93. The molecule has 0 atom stereocenters. The van der Waals surface area contributed by atoms with Gasteiger partial charge in [0.25, 0.3) is 0 Å². The van der Waals surface area contributed by atoms with Gasteiger partial charge in [-0.15, -0.1) is 23.2 Å². The predicted molar refractivity (Wildman–Crippen MR) is 87.6 cm³/mol. The van der Waals surface area contributed by atoms with Crippen molar-refractivity contribution in [3.63, 3.8) is 0 Å². The minimum atomic E-state index is 0.794. The molecule has 0 nitrogen and oxygen atoms in total. The van der Waals surface area contributed by atoms with Gasteiger partial charge in [-0.2, -0.15) is 0 Å². The van der Waals surface area contributed by atoms with Gasteiger partial charge < -0.3 is 0 Å². The molecule has 0 bridgehead atoms. The summed E-state index contributed by atoms with van der Waals surface area (Å²) in [5.41, 5.74) is 2.93.